The van der Waals surface area contributed by atoms with Crippen LogP contribution in [0.4, 0.5) is 4.39 Å². The highest BCUT2D eigenvalue weighted by molar-refractivity contribution is 5.45. The van der Waals surface area contributed by atoms with Crippen molar-refractivity contribution in [1.82, 2.24) is 14.1 Å². The Morgan fingerprint density at radius 3 is 2.76 bits per heavy atom. The van der Waals surface area contributed by atoms with Crippen molar-refractivity contribution in [1.29, 1.82) is 5.26 Å². The van der Waals surface area contributed by atoms with E-state index in [1.807, 2.05) is 42.8 Å². The molecule has 4 aromatic rings. The number of nitrogens with zero attached hydrogens (tertiary/aromatic N) is 4. The van der Waals surface area contributed by atoms with Gasteiger partial charge in [-0.1, -0.05) is 12.1 Å². The number of hydrogen-bond donors (Lipinski definition) is 0. The summed E-state index contributed by atoms with van der Waals surface area (Å²) in [6.45, 7) is 4.38. The molecule has 6 nitrogen and oxygen atoms in total. The third-order valence-electron chi connectivity index (χ3n) is 6.21. The summed E-state index contributed by atoms with van der Waals surface area (Å²) in [5.41, 5.74) is 5.32. The molecule has 7 heteroatoms. The van der Waals surface area contributed by atoms with E-state index in [0.29, 0.717) is 41.9 Å². The van der Waals surface area contributed by atoms with Crippen molar-refractivity contribution < 1.29 is 9.13 Å². The van der Waals surface area contributed by atoms with Crippen LogP contribution >= 0.6 is 0 Å². The van der Waals surface area contributed by atoms with E-state index in [1.54, 1.807) is 29.2 Å². The first-order valence-electron chi connectivity index (χ1n) is 11.1. The second-order valence-electron chi connectivity index (χ2n) is 8.63. The van der Waals surface area contributed by atoms with E-state index in [2.05, 4.69) is 11.1 Å². The molecule has 0 N–H and O–H groups in total. The Kier molecular flexibility index (Phi) is 5.50. The zero-order chi connectivity index (χ0) is 23.8. The minimum Gasteiger partial charge on any atom is -0.493 e. The number of hydrogen-bond acceptors (Lipinski definition) is 4. The maximum atomic E-state index is 14.0. The van der Waals surface area contributed by atoms with E-state index in [9.17, 15) is 14.4 Å². The Morgan fingerprint density at radius 2 is 2.03 bits per heavy atom. The summed E-state index contributed by atoms with van der Waals surface area (Å²) in [7, 11) is 0. The van der Waals surface area contributed by atoms with Crippen LogP contribution in [0.1, 0.15) is 46.0 Å². The topological polar surface area (TPSA) is 72.8 Å². The molecule has 5 rings (SSSR count). The average molecular weight is 455 g/mol. The first-order valence-corrected chi connectivity index (χ1v) is 11.1. The highest BCUT2D eigenvalue weighted by Crippen LogP contribution is 2.34. The summed E-state index contributed by atoms with van der Waals surface area (Å²) in [6.07, 6.45) is 6.21. The second-order valence-corrected chi connectivity index (χ2v) is 8.63. The van der Waals surface area contributed by atoms with Gasteiger partial charge in [0, 0.05) is 42.0 Å². The molecular formula is C27H23FN4O2. The van der Waals surface area contributed by atoms with Crippen molar-refractivity contribution in [3.05, 3.63) is 111 Å². The Morgan fingerprint density at radius 1 is 1.18 bits per heavy atom. The Balaban J connectivity index is 1.53. The van der Waals surface area contributed by atoms with Crippen molar-refractivity contribution in [3.63, 3.8) is 0 Å². The van der Waals surface area contributed by atoms with E-state index in [-0.39, 0.29) is 11.4 Å². The zero-order valence-electron chi connectivity index (χ0n) is 19.0. The molecule has 1 atom stereocenters. The van der Waals surface area contributed by atoms with Crippen LogP contribution in [0.2, 0.25) is 0 Å². The van der Waals surface area contributed by atoms with Gasteiger partial charge in [0.2, 0.25) is 0 Å². The molecular weight excluding hydrogens is 431 g/mol. The van der Waals surface area contributed by atoms with Crippen molar-refractivity contribution in [2.75, 3.05) is 6.61 Å². The molecule has 0 bridgehead atoms. The SMILES string of the molecule is Cc1cn(-c2ccc(Cc3cc(C#N)cn(C4CCOc5ccc(F)cc54)c3=O)cc2C)cn1. The molecule has 0 amide bonds. The fourth-order valence-electron chi connectivity index (χ4n) is 4.61. The molecule has 0 aliphatic carbocycles. The quantitative estimate of drug-likeness (QED) is 0.451. The molecule has 0 saturated heterocycles. The van der Waals surface area contributed by atoms with Gasteiger partial charge in [-0.2, -0.15) is 5.26 Å². The van der Waals surface area contributed by atoms with Crippen LogP contribution in [0, 0.1) is 31.0 Å². The molecule has 0 radical (unpaired) electrons. The Labute approximate surface area is 196 Å². The van der Waals surface area contributed by atoms with E-state index in [0.717, 1.165) is 22.5 Å². The summed E-state index contributed by atoms with van der Waals surface area (Å²) < 4.78 is 23.2. The van der Waals surface area contributed by atoms with Gasteiger partial charge in [0.15, 0.2) is 0 Å². The minimum absolute atomic E-state index is 0.187. The van der Waals surface area contributed by atoms with Gasteiger partial charge >= 0.3 is 0 Å². The number of rotatable bonds is 4. The third-order valence-corrected chi connectivity index (χ3v) is 6.21. The van der Waals surface area contributed by atoms with E-state index < -0.39 is 6.04 Å². The summed E-state index contributed by atoms with van der Waals surface area (Å²) >= 11 is 0. The van der Waals surface area contributed by atoms with Gasteiger partial charge in [0.05, 0.1) is 30.2 Å². The first-order chi connectivity index (χ1) is 16.4. The largest absolute Gasteiger partial charge is 0.493 e. The molecule has 170 valence electrons. The fourth-order valence-corrected chi connectivity index (χ4v) is 4.61. The van der Waals surface area contributed by atoms with Crippen LogP contribution in [0.3, 0.4) is 0 Å². The van der Waals surface area contributed by atoms with Gasteiger partial charge in [0.1, 0.15) is 17.6 Å². The summed E-state index contributed by atoms with van der Waals surface area (Å²) in [5, 5.41) is 9.63. The van der Waals surface area contributed by atoms with Crippen molar-refractivity contribution in [3.8, 4) is 17.5 Å². The van der Waals surface area contributed by atoms with E-state index in [4.69, 9.17) is 4.74 Å². The lowest BCUT2D eigenvalue weighted by Gasteiger charge is -2.28. The molecule has 3 heterocycles. The lowest BCUT2D eigenvalue weighted by atomic mass is 9.98. The van der Waals surface area contributed by atoms with Gasteiger partial charge in [-0.25, -0.2) is 9.37 Å². The van der Waals surface area contributed by atoms with Gasteiger partial charge in [-0.3, -0.25) is 4.79 Å². The number of halogens is 1. The molecule has 1 aliphatic heterocycles. The minimum atomic E-state index is -0.396. The maximum absolute atomic E-state index is 14.0. The molecule has 1 unspecified atom stereocenters. The number of fused-ring (bicyclic) bond motifs is 1. The van der Waals surface area contributed by atoms with Gasteiger partial charge in [0.25, 0.3) is 5.56 Å². The summed E-state index contributed by atoms with van der Waals surface area (Å²) in [6, 6.07) is 13.8. The van der Waals surface area contributed by atoms with Crippen LogP contribution in [0.15, 0.2) is 66.0 Å². The number of aromatic nitrogens is 3. The molecule has 1 aliphatic rings. The number of imidazole rings is 1. The highest BCUT2D eigenvalue weighted by atomic mass is 19.1. The molecule has 0 fully saturated rings. The Hall–Kier alpha value is -4.18. The predicted octanol–water partition coefficient (Wildman–Crippen LogP) is 4.62. The number of benzene rings is 2. The smallest absolute Gasteiger partial charge is 0.254 e. The zero-order valence-corrected chi connectivity index (χ0v) is 19.0. The number of nitriles is 1. The molecule has 2 aromatic heterocycles. The second kappa shape index (κ2) is 8.64. The van der Waals surface area contributed by atoms with Crippen molar-refractivity contribution in [2.24, 2.45) is 0 Å². The van der Waals surface area contributed by atoms with Crippen LogP contribution < -0.4 is 10.3 Å². The molecule has 0 spiro atoms. The predicted molar refractivity (Wildman–Crippen MR) is 126 cm³/mol. The number of aryl methyl sites for hydroxylation is 2. The lowest BCUT2D eigenvalue weighted by Crippen LogP contribution is -2.31. The molecule has 2 aromatic carbocycles. The van der Waals surface area contributed by atoms with Crippen molar-refractivity contribution in [2.45, 2.75) is 32.7 Å². The third kappa shape index (κ3) is 3.99. The van der Waals surface area contributed by atoms with Gasteiger partial charge in [-0.15, -0.1) is 0 Å². The highest BCUT2D eigenvalue weighted by Gasteiger charge is 2.25. The summed E-state index contributed by atoms with van der Waals surface area (Å²) in [5.74, 6) is 0.178. The van der Waals surface area contributed by atoms with E-state index in [1.165, 1.54) is 12.1 Å². The van der Waals surface area contributed by atoms with Gasteiger partial charge < -0.3 is 13.9 Å². The van der Waals surface area contributed by atoms with Crippen LogP contribution in [-0.2, 0) is 6.42 Å². The number of pyridine rings is 1. The maximum Gasteiger partial charge on any atom is 0.254 e. The summed E-state index contributed by atoms with van der Waals surface area (Å²) in [4.78, 5) is 17.8. The number of ether oxygens (including phenoxy) is 1. The van der Waals surface area contributed by atoms with Crippen LogP contribution in [0.5, 0.6) is 5.75 Å². The Bertz CT molecular complexity index is 1500. The van der Waals surface area contributed by atoms with Gasteiger partial charge in [-0.05, 0) is 55.3 Å². The van der Waals surface area contributed by atoms with Crippen LogP contribution in [0.25, 0.3) is 5.69 Å². The lowest BCUT2D eigenvalue weighted by molar-refractivity contribution is 0.253. The van der Waals surface area contributed by atoms with E-state index >= 15 is 0 Å². The monoisotopic (exact) mass is 454 g/mol. The standard InChI is InChI=1S/C27H23FN4O2/c1-17-9-19(3-5-24(17)31-14-18(2)30-16-31)10-21-11-20(13-29)15-32(27(21)33)25-7-8-34-26-6-4-22(28)12-23(25)26/h3-6,9,11-12,14-16,25H,7-8,10H2,1-2H3. The molecule has 34 heavy (non-hydrogen) atoms. The normalized spacial score (nSPS) is 14.8. The van der Waals surface area contributed by atoms with Crippen LogP contribution in [-0.4, -0.2) is 20.7 Å². The molecule has 0 saturated carbocycles. The fraction of sp³-hybridized carbons (Fsp3) is 0.222. The first kappa shape index (κ1) is 21.7. The van der Waals surface area contributed by atoms with Crippen molar-refractivity contribution >= 4 is 0 Å². The average Bonchev–Trinajstić information content (AvgIpc) is 3.26.